The molecule has 4 heteroatoms. The van der Waals surface area contributed by atoms with Gasteiger partial charge < -0.3 is 10.4 Å². The van der Waals surface area contributed by atoms with Crippen LogP contribution in [-0.2, 0) is 10.4 Å². The maximum atomic E-state index is 10.8. The Morgan fingerprint density at radius 3 is 2.56 bits per heavy atom. The van der Waals surface area contributed by atoms with E-state index in [4.69, 9.17) is 11.6 Å². The van der Waals surface area contributed by atoms with E-state index >= 15 is 0 Å². The summed E-state index contributed by atoms with van der Waals surface area (Å²) in [5, 5.41) is 12.3. The van der Waals surface area contributed by atoms with Crippen molar-refractivity contribution in [3.05, 3.63) is 35.9 Å². The van der Waals surface area contributed by atoms with Crippen LogP contribution >= 0.6 is 11.6 Å². The van der Waals surface area contributed by atoms with E-state index in [-0.39, 0.29) is 12.5 Å². The van der Waals surface area contributed by atoms with Gasteiger partial charge in [-0.05, 0) is 12.5 Å². The molecule has 3 nitrogen and oxygen atoms in total. The molecule has 0 aliphatic heterocycles. The summed E-state index contributed by atoms with van der Waals surface area (Å²) in [5.74, 6) is -0.158. The van der Waals surface area contributed by atoms with E-state index in [1.165, 1.54) is 6.92 Å². The molecule has 0 heterocycles. The van der Waals surface area contributed by atoms with Gasteiger partial charge in [0.05, 0.1) is 5.38 Å². The molecule has 0 bridgehead atoms. The molecule has 0 aromatic heterocycles. The molecule has 16 heavy (non-hydrogen) atoms. The average molecular weight is 242 g/mol. The Bertz CT molecular complexity index is 351. The molecule has 0 saturated carbocycles. The number of nitrogens with one attached hydrogen (secondary N) is 1. The van der Waals surface area contributed by atoms with Crippen LogP contribution in [-0.4, -0.2) is 22.9 Å². The van der Waals surface area contributed by atoms with Crippen LogP contribution in [0.1, 0.15) is 19.4 Å². The maximum absolute atomic E-state index is 10.8. The van der Waals surface area contributed by atoms with Crippen molar-refractivity contribution < 1.29 is 9.90 Å². The molecule has 88 valence electrons. The van der Waals surface area contributed by atoms with Gasteiger partial charge >= 0.3 is 0 Å². The number of hydrogen-bond acceptors (Lipinski definition) is 2. The third-order valence-electron chi connectivity index (χ3n) is 2.50. The van der Waals surface area contributed by atoms with Crippen molar-refractivity contribution in [1.29, 1.82) is 0 Å². The van der Waals surface area contributed by atoms with Gasteiger partial charge in [-0.1, -0.05) is 30.3 Å². The Balaban J connectivity index is 2.73. The second kappa shape index (κ2) is 5.32. The largest absolute Gasteiger partial charge is 0.384 e. The normalized spacial score (nSPS) is 16.2. The highest BCUT2D eigenvalue weighted by Crippen LogP contribution is 2.27. The number of benzene rings is 1. The number of aliphatic hydroxyl groups is 1. The molecule has 2 unspecified atom stereocenters. The SMILES string of the molecule is CC(=O)NCC(Cl)C(C)(O)c1ccccc1. The first kappa shape index (κ1) is 13.0. The Labute approximate surface area is 100 Å². The molecule has 1 aromatic carbocycles. The zero-order valence-corrected chi connectivity index (χ0v) is 10.2. The summed E-state index contributed by atoms with van der Waals surface area (Å²) in [4.78, 5) is 10.8. The molecule has 0 radical (unpaired) electrons. The molecular weight excluding hydrogens is 226 g/mol. The van der Waals surface area contributed by atoms with Crippen molar-refractivity contribution in [3.63, 3.8) is 0 Å². The van der Waals surface area contributed by atoms with Gasteiger partial charge in [-0.2, -0.15) is 0 Å². The Kier molecular flexibility index (Phi) is 4.33. The maximum Gasteiger partial charge on any atom is 0.216 e. The van der Waals surface area contributed by atoms with Gasteiger partial charge in [-0.3, -0.25) is 4.79 Å². The van der Waals surface area contributed by atoms with Crippen molar-refractivity contribution in [2.75, 3.05) is 6.54 Å². The summed E-state index contributed by atoms with van der Waals surface area (Å²) < 4.78 is 0. The first-order valence-corrected chi connectivity index (χ1v) is 5.54. The van der Waals surface area contributed by atoms with Crippen LogP contribution in [0.25, 0.3) is 0 Å². The van der Waals surface area contributed by atoms with Gasteiger partial charge in [0, 0.05) is 13.5 Å². The molecule has 1 aromatic rings. The van der Waals surface area contributed by atoms with Crippen LogP contribution in [0.3, 0.4) is 0 Å². The molecule has 0 aliphatic rings. The molecule has 0 aliphatic carbocycles. The monoisotopic (exact) mass is 241 g/mol. The van der Waals surface area contributed by atoms with E-state index in [0.29, 0.717) is 0 Å². The van der Waals surface area contributed by atoms with E-state index in [0.717, 1.165) is 5.56 Å². The second-order valence-corrected chi connectivity index (χ2v) is 4.44. The van der Waals surface area contributed by atoms with Crippen LogP contribution in [0.2, 0.25) is 0 Å². The number of hydrogen-bond donors (Lipinski definition) is 2. The summed E-state index contributed by atoms with van der Waals surface area (Å²) in [6, 6.07) is 9.17. The predicted octanol–water partition coefficient (Wildman–Crippen LogP) is 1.64. The van der Waals surface area contributed by atoms with E-state index in [9.17, 15) is 9.90 Å². The third kappa shape index (κ3) is 3.22. The summed E-state index contributed by atoms with van der Waals surface area (Å²) in [6.45, 7) is 3.29. The van der Waals surface area contributed by atoms with Gasteiger partial charge in [-0.15, -0.1) is 11.6 Å². The Hall–Kier alpha value is -1.06. The van der Waals surface area contributed by atoms with Crippen molar-refractivity contribution in [3.8, 4) is 0 Å². The van der Waals surface area contributed by atoms with Crippen molar-refractivity contribution in [1.82, 2.24) is 5.32 Å². The number of carbonyl (C=O) groups is 1. The summed E-state index contributed by atoms with van der Waals surface area (Å²) in [7, 11) is 0. The van der Waals surface area contributed by atoms with E-state index in [2.05, 4.69) is 5.32 Å². The van der Waals surface area contributed by atoms with Crippen LogP contribution < -0.4 is 5.32 Å². The van der Waals surface area contributed by atoms with Gasteiger partial charge in [0.1, 0.15) is 5.60 Å². The fraction of sp³-hybridized carbons (Fsp3) is 0.417. The fourth-order valence-corrected chi connectivity index (χ4v) is 1.59. The molecule has 2 N–H and O–H groups in total. The summed E-state index contributed by atoms with van der Waals surface area (Å²) in [5.41, 5.74) is -0.425. The van der Waals surface area contributed by atoms with E-state index in [1.807, 2.05) is 30.3 Å². The predicted molar refractivity (Wildman–Crippen MR) is 64.3 cm³/mol. The van der Waals surface area contributed by atoms with Gasteiger partial charge in [0.15, 0.2) is 0 Å². The van der Waals surface area contributed by atoms with Gasteiger partial charge in [0.25, 0.3) is 0 Å². The molecular formula is C12H16ClNO2. The first-order chi connectivity index (χ1) is 7.44. The molecule has 0 fully saturated rings. The highest BCUT2D eigenvalue weighted by Gasteiger charge is 2.32. The summed E-state index contributed by atoms with van der Waals surface area (Å²) >= 11 is 6.09. The zero-order valence-electron chi connectivity index (χ0n) is 9.40. The lowest BCUT2D eigenvalue weighted by Gasteiger charge is -2.29. The molecule has 1 rings (SSSR count). The number of amides is 1. The van der Waals surface area contributed by atoms with Gasteiger partial charge in [-0.25, -0.2) is 0 Å². The van der Waals surface area contributed by atoms with Crippen LogP contribution in [0.15, 0.2) is 30.3 Å². The van der Waals surface area contributed by atoms with E-state index in [1.54, 1.807) is 6.92 Å². The molecule has 0 saturated heterocycles. The molecule has 2 atom stereocenters. The minimum absolute atomic E-state index is 0.158. The van der Waals surface area contributed by atoms with Crippen molar-refractivity contribution in [2.45, 2.75) is 24.8 Å². The fourth-order valence-electron chi connectivity index (χ4n) is 1.39. The van der Waals surface area contributed by atoms with Gasteiger partial charge in [0.2, 0.25) is 5.91 Å². The summed E-state index contributed by atoms with van der Waals surface area (Å²) in [6.07, 6.45) is 0. The van der Waals surface area contributed by atoms with Crippen LogP contribution in [0.4, 0.5) is 0 Å². The topological polar surface area (TPSA) is 49.3 Å². The molecule has 0 spiro atoms. The van der Waals surface area contributed by atoms with Crippen molar-refractivity contribution in [2.24, 2.45) is 0 Å². The zero-order chi connectivity index (χ0) is 12.2. The number of halogens is 1. The highest BCUT2D eigenvalue weighted by atomic mass is 35.5. The molecule has 1 amide bonds. The average Bonchev–Trinajstić information content (AvgIpc) is 2.27. The van der Waals surface area contributed by atoms with E-state index < -0.39 is 11.0 Å². The third-order valence-corrected chi connectivity index (χ3v) is 3.08. The number of carbonyl (C=O) groups excluding carboxylic acids is 1. The lowest BCUT2D eigenvalue weighted by molar-refractivity contribution is -0.119. The minimum atomic E-state index is -1.16. The second-order valence-electron chi connectivity index (χ2n) is 3.92. The highest BCUT2D eigenvalue weighted by molar-refractivity contribution is 6.21. The quantitative estimate of drug-likeness (QED) is 0.788. The Morgan fingerprint density at radius 1 is 1.50 bits per heavy atom. The lowest BCUT2D eigenvalue weighted by Crippen LogP contribution is -2.41. The number of alkyl halides is 1. The van der Waals surface area contributed by atoms with Crippen LogP contribution in [0, 0.1) is 0 Å². The minimum Gasteiger partial charge on any atom is -0.384 e. The number of rotatable bonds is 4. The van der Waals surface area contributed by atoms with Crippen LogP contribution in [0.5, 0.6) is 0 Å². The lowest BCUT2D eigenvalue weighted by atomic mass is 9.92. The Morgan fingerprint density at radius 2 is 2.06 bits per heavy atom. The van der Waals surface area contributed by atoms with Crippen molar-refractivity contribution >= 4 is 17.5 Å². The standard InChI is InChI=1S/C12H16ClNO2/c1-9(15)14-8-11(13)12(2,16)10-6-4-3-5-7-10/h3-7,11,16H,8H2,1-2H3,(H,14,15). The smallest absolute Gasteiger partial charge is 0.216 e. The first-order valence-electron chi connectivity index (χ1n) is 5.11.